The van der Waals surface area contributed by atoms with Gasteiger partial charge < -0.3 is 10.2 Å². The molecule has 0 radical (unpaired) electrons. The SMILES string of the molecule is CC[C@@H](C)NC(=O)[C@H](Cc1ccccc1)N(Cc1cccc(Br)c1)C(=O)CN(c1ccc(Cl)cc1C)S(C)(=O)=O. The molecule has 10 heteroatoms. The van der Waals surface area contributed by atoms with E-state index < -0.39 is 28.5 Å². The number of rotatable bonds is 12. The van der Waals surface area contributed by atoms with E-state index in [-0.39, 0.29) is 24.9 Å². The highest BCUT2D eigenvalue weighted by atomic mass is 79.9. The minimum Gasteiger partial charge on any atom is -0.352 e. The molecule has 0 aliphatic rings. The maximum absolute atomic E-state index is 14.1. The second-order valence-corrected chi connectivity index (χ2v) is 13.1. The molecule has 0 aliphatic heterocycles. The third-order valence-electron chi connectivity index (χ3n) is 6.62. The van der Waals surface area contributed by atoms with Crippen LogP contribution < -0.4 is 9.62 Å². The molecule has 0 unspecified atom stereocenters. The zero-order valence-corrected chi connectivity index (χ0v) is 26.3. The van der Waals surface area contributed by atoms with Crippen molar-refractivity contribution in [1.82, 2.24) is 10.2 Å². The van der Waals surface area contributed by atoms with E-state index in [9.17, 15) is 18.0 Å². The Morgan fingerprint density at radius 2 is 1.68 bits per heavy atom. The lowest BCUT2D eigenvalue weighted by Gasteiger charge is -2.34. The van der Waals surface area contributed by atoms with Gasteiger partial charge in [0.2, 0.25) is 21.8 Å². The highest BCUT2D eigenvalue weighted by Gasteiger charge is 2.33. The number of sulfonamides is 1. The van der Waals surface area contributed by atoms with E-state index in [0.29, 0.717) is 16.3 Å². The third-order valence-corrected chi connectivity index (χ3v) is 8.48. The van der Waals surface area contributed by atoms with Crippen LogP contribution >= 0.6 is 27.5 Å². The van der Waals surface area contributed by atoms with Gasteiger partial charge >= 0.3 is 0 Å². The quantitative estimate of drug-likeness (QED) is 0.272. The number of halogens is 2. The van der Waals surface area contributed by atoms with Gasteiger partial charge in [-0.15, -0.1) is 0 Å². The van der Waals surface area contributed by atoms with Gasteiger partial charge in [0.15, 0.2) is 0 Å². The average molecular weight is 649 g/mol. The number of hydrogen-bond acceptors (Lipinski definition) is 4. The van der Waals surface area contributed by atoms with Crippen LogP contribution in [0.3, 0.4) is 0 Å². The van der Waals surface area contributed by atoms with Crippen molar-refractivity contribution in [2.75, 3.05) is 17.1 Å². The fourth-order valence-electron chi connectivity index (χ4n) is 4.32. The van der Waals surface area contributed by atoms with Gasteiger partial charge in [-0.3, -0.25) is 13.9 Å². The summed E-state index contributed by atoms with van der Waals surface area (Å²) in [5.41, 5.74) is 2.64. The lowest BCUT2D eigenvalue weighted by Crippen LogP contribution is -2.54. The smallest absolute Gasteiger partial charge is 0.244 e. The van der Waals surface area contributed by atoms with Crippen LogP contribution in [0.1, 0.15) is 37.0 Å². The Balaban J connectivity index is 2.08. The van der Waals surface area contributed by atoms with Crippen LogP contribution in [0.15, 0.2) is 77.3 Å². The number of carbonyl (C=O) groups excluding carboxylic acids is 2. The van der Waals surface area contributed by atoms with Crippen LogP contribution in [-0.2, 0) is 32.6 Å². The van der Waals surface area contributed by atoms with E-state index in [2.05, 4.69) is 21.2 Å². The van der Waals surface area contributed by atoms with Crippen molar-refractivity contribution in [3.63, 3.8) is 0 Å². The summed E-state index contributed by atoms with van der Waals surface area (Å²) in [4.78, 5) is 29.3. The normalized spacial score (nSPS) is 12.8. The number of hydrogen-bond donors (Lipinski definition) is 1. The average Bonchev–Trinajstić information content (AvgIpc) is 2.89. The van der Waals surface area contributed by atoms with Crippen molar-refractivity contribution in [2.24, 2.45) is 0 Å². The van der Waals surface area contributed by atoms with Crippen LogP contribution in [0, 0.1) is 6.92 Å². The molecule has 3 aromatic carbocycles. The molecule has 0 bridgehead atoms. The predicted octanol–water partition coefficient (Wildman–Crippen LogP) is 5.73. The lowest BCUT2D eigenvalue weighted by atomic mass is 10.0. The Labute approximate surface area is 250 Å². The molecule has 0 fully saturated rings. The van der Waals surface area contributed by atoms with Crippen LogP contribution in [0.4, 0.5) is 5.69 Å². The van der Waals surface area contributed by atoms with E-state index in [1.165, 1.54) is 4.90 Å². The molecule has 0 saturated carbocycles. The zero-order valence-electron chi connectivity index (χ0n) is 23.1. The highest BCUT2D eigenvalue weighted by molar-refractivity contribution is 9.10. The second-order valence-electron chi connectivity index (χ2n) is 9.88. The molecule has 1 N–H and O–H groups in total. The number of benzene rings is 3. The summed E-state index contributed by atoms with van der Waals surface area (Å²) in [5.74, 6) is -0.796. The first-order valence-electron chi connectivity index (χ1n) is 13.0. The van der Waals surface area contributed by atoms with Gasteiger partial charge in [-0.05, 0) is 67.3 Å². The van der Waals surface area contributed by atoms with Gasteiger partial charge in [0, 0.05) is 28.5 Å². The van der Waals surface area contributed by atoms with Crippen LogP contribution in [0.25, 0.3) is 0 Å². The van der Waals surface area contributed by atoms with Crippen molar-refractivity contribution in [3.8, 4) is 0 Å². The Bertz CT molecular complexity index is 1440. The maximum Gasteiger partial charge on any atom is 0.244 e. The first-order valence-corrected chi connectivity index (χ1v) is 16.0. The van der Waals surface area contributed by atoms with Gasteiger partial charge in [-0.25, -0.2) is 8.42 Å². The molecule has 0 spiro atoms. The molecule has 0 aliphatic carbocycles. The first kappa shape index (κ1) is 31.6. The van der Waals surface area contributed by atoms with Gasteiger partial charge in [0.05, 0.1) is 11.9 Å². The van der Waals surface area contributed by atoms with Crippen LogP contribution in [-0.4, -0.2) is 50.0 Å². The number of carbonyl (C=O) groups is 2. The molecule has 0 saturated heterocycles. The largest absolute Gasteiger partial charge is 0.352 e. The third kappa shape index (κ3) is 8.81. The van der Waals surface area contributed by atoms with E-state index in [1.807, 2.05) is 68.4 Å². The fourth-order valence-corrected chi connectivity index (χ4v) is 5.90. The Morgan fingerprint density at radius 3 is 2.27 bits per heavy atom. The zero-order chi connectivity index (χ0) is 29.4. The predicted molar refractivity (Wildman–Crippen MR) is 165 cm³/mol. The molecular weight excluding hydrogens is 614 g/mol. The van der Waals surface area contributed by atoms with Gasteiger partial charge in [-0.1, -0.05) is 76.9 Å². The van der Waals surface area contributed by atoms with Crippen LogP contribution in [0.2, 0.25) is 5.02 Å². The molecule has 0 heterocycles. The molecule has 7 nitrogen and oxygen atoms in total. The van der Waals surface area contributed by atoms with Gasteiger partial charge in [0.1, 0.15) is 12.6 Å². The monoisotopic (exact) mass is 647 g/mol. The Morgan fingerprint density at radius 1 is 1.00 bits per heavy atom. The fraction of sp³-hybridized carbons (Fsp3) is 0.333. The van der Waals surface area contributed by atoms with E-state index >= 15 is 0 Å². The molecule has 214 valence electrons. The molecule has 0 aromatic heterocycles. The molecule has 2 atom stereocenters. The Kier molecular flexibility index (Phi) is 11.2. The standard InChI is InChI=1S/C30H35BrClN3O4S/c1-5-22(3)33-30(37)28(18-23-10-7-6-8-11-23)34(19-24-12-9-13-25(31)17-24)29(36)20-35(40(4,38)39)27-15-14-26(32)16-21(27)2/h6-17,22,28H,5,18-20H2,1-4H3,(H,33,37)/t22-,28+/m1/s1. The van der Waals surface area contributed by atoms with E-state index in [1.54, 1.807) is 25.1 Å². The summed E-state index contributed by atoms with van der Waals surface area (Å²) in [7, 11) is -3.85. The summed E-state index contributed by atoms with van der Waals surface area (Å²) < 4.78 is 27.8. The summed E-state index contributed by atoms with van der Waals surface area (Å²) in [6.07, 6.45) is 2.05. The van der Waals surface area contributed by atoms with Crippen LogP contribution in [0.5, 0.6) is 0 Å². The van der Waals surface area contributed by atoms with E-state index in [0.717, 1.165) is 32.6 Å². The van der Waals surface area contributed by atoms with E-state index in [4.69, 9.17) is 11.6 Å². The summed E-state index contributed by atoms with van der Waals surface area (Å²) in [5, 5.41) is 3.48. The molecule has 2 amide bonds. The number of aryl methyl sites for hydroxylation is 1. The molecule has 3 aromatic rings. The number of nitrogens with zero attached hydrogens (tertiary/aromatic N) is 2. The molecule has 3 rings (SSSR count). The van der Waals surface area contributed by atoms with Crippen molar-refractivity contribution in [1.29, 1.82) is 0 Å². The topological polar surface area (TPSA) is 86.8 Å². The van der Waals surface area contributed by atoms with Crippen molar-refractivity contribution in [3.05, 3.63) is 99.0 Å². The van der Waals surface area contributed by atoms with Crippen molar-refractivity contribution >= 4 is 55.1 Å². The molecule has 40 heavy (non-hydrogen) atoms. The maximum atomic E-state index is 14.1. The summed E-state index contributed by atoms with van der Waals surface area (Å²) in [6.45, 7) is 5.26. The highest BCUT2D eigenvalue weighted by Crippen LogP contribution is 2.26. The minimum atomic E-state index is -3.85. The summed E-state index contributed by atoms with van der Waals surface area (Å²) >= 11 is 9.59. The van der Waals surface area contributed by atoms with Crippen molar-refractivity contribution < 1.29 is 18.0 Å². The number of anilines is 1. The number of nitrogens with one attached hydrogen (secondary N) is 1. The number of amides is 2. The Hall–Kier alpha value is -2.88. The lowest BCUT2D eigenvalue weighted by molar-refractivity contribution is -0.140. The summed E-state index contributed by atoms with van der Waals surface area (Å²) in [6, 6.07) is 20.8. The minimum absolute atomic E-state index is 0.0992. The molecular formula is C30H35BrClN3O4S. The second kappa shape index (κ2) is 14.1. The first-order chi connectivity index (χ1) is 18.9. The van der Waals surface area contributed by atoms with Crippen molar-refractivity contribution in [2.45, 2.75) is 52.2 Å². The van der Waals surface area contributed by atoms with Gasteiger partial charge in [-0.2, -0.15) is 0 Å². The van der Waals surface area contributed by atoms with Gasteiger partial charge in [0.25, 0.3) is 0 Å².